The van der Waals surface area contributed by atoms with Crippen molar-refractivity contribution in [2.75, 3.05) is 19.0 Å². The fourth-order valence-electron chi connectivity index (χ4n) is 2.67. The van der Waals surface area contributed by atoms with Crippen molar-refractivity contribution in [1.29, 1.82) is 0 Å². The van der Waals surface area contributed by atoms with Crippen LogP contribution in [0.2, 0.25) is 0 Å². The van der Waals surface area contributed by atoms with Gasteiger partial charge in [0, 0.05) is 16.8 Å². The molecule has 2 aromatic carbocycles. The third-order valence-electron chi connectivity index (χ3n) is 3.96. The zero-order valence-electron chi connectivity index (χ0n) is 14.0. The molecule has 0 unspecified atom stereocenters. The fraction of sp³-hybridized carbons (Fsp3) is 0.250. The summed E-state index contributed by atoms with van der Waals surface area (Å²) in [6, 6.07) is 13.4. The molecule has 1 aliphatic heterocycles. The van der Waals surface area contributed by atoms with Gasteiger partial charge >= 0.3 is 0 Å². The largest absolute Gasteiger partial charge is 0.493 e. The number of fused-ring (bicyclic) bond motifs is 1. The Morgan fingerprint density at radius 2 is 1.96 bits per heavy atom. The maximum absolute atomic E-state index is 12.2. The number of hydrogen-bond donors (Lipinski definition) is 1. The molecule has 0 saturated carbocycles. The van der Waals surface area contributed by atoms with Gasteiger partial charge in [-0.15, -0.1) is 0 Å². The molecule has 124 valence electrons. The molecule has 1 N–H and O–H groups in total. The molecule has 1 aliphatic rings. The van der Waals surface area contributed by atoms with Gasteiger partial charge in [0.2, 0.25) is 0 Å². The minimum absolute atomic E-state index is 0.0848. The molecule has 0 bridgehead atoms. The van der Waals surface area contributed by atoms with E-state index >= 15 is 0 Å². The van der Waals surface area contributed by atoms with Crippen LogP contribution in [0.15, 0.2) is 42.5 Å². The van der Waals surface area contributed by atoms with E-state index in [9.17, 15) is 4.79 Å². The fourth-order valence-corrected chi connectivity index (χ4v) is 2.67. The van der Waals surface area contributed by atoms with Crippen LogP contribution in [0.3, 0.4) is 0 Å². The van der Waals surface area contributed by atoms with E-state index in [-0.39, 0.29) is 5.91 Å². The number of unbranched alkanes of at least 4 members (excludes halogenated alkanes) is 1. The monoisotopic (exact) mass is 323 g/mol. The number of rotatable bonds is 6. The number of ether oxygens (including phenoxy) is 2. The van der Waals surface area contributed by atoms with Gasteiger partial charge in [-0.3, -0.25) is 4.79 Å². The van der Waals surface area contributed by atoms with Crippen molar-refractivity contribution in [3.05, 3.63) is 53.6 Å². The summed E-state index contributed by atoms with van der Waals surface area (Å²) in [5, 5.41) is 2.88. The Morgan fingerprint density at radius 3 is 2.75 bits per heavy atom. The summed E-state index contributed by atoms with van der Waals surface area (Å²) in [5.74, 6) is 1.31. The molecule has 0 spiro atoms. The first kappa shape index (κ1) is 16.1. The molecule has 0 radical (unpaired) electrons. The van der Waals surface area contributed by atoms with Crippen LogP contribution in [0.4, 0.5) is 5.69 Å². The molecule has 24 heavy (non-hydrogen) atoms. The lowest BCUT2D eigenvalue weighted by Gasteiger charge is -2.11. The van der Waals surface area contributed by atoms with Crippen molar-refractivity contribution >= 4 is 23.2 Å². The van der Waals surface area contributed by atoms with Crippen LogP contribution in [0, 0.1) is 0 Å². The smallest absolute Gasteiger partial charge is 0.256 e. The van der Waals surface area contributed by atoms with Crippen LogP contribution in [0.5, 0.6) is 11.5 Å². The van der Waals surface area contributed by atoms with E-state index in [2.05, 4.69) is 12.2 Å². The van der Waals surface area contributed by atoms with Crippen molar-refractivity contribution < 1.29 is 14.3 Å². The van der Waals surface area contributed by atoms with E-state index in [0.717, 1.165) is 35.4 Å². The van der Waals surface area contributed by atoms with Gasteiger partial charge in [-0.05, 0) is 36.3 Å². The second-order valence-electron chi connectivity index (χ2n) is 5.67. The van der Waals surface area contributed by atoms with Crippen molar-refractivity contribution in [2.45, 2.75) is 19.8 Å². The molecular weight excluding hydrogens is 302 g/mol. The van der Waals surface area contributed by atoms with Crippen molar-refractivity contribution in [1.82, 2.24) is 0 Å². The molecular formula is C20H21NO3. The lowest BCUT2D eigenvalue weighted by Crippen LogP contribution is -2.03. The number of benzene rings is 2. The third kappa shape index (κ3) is 3.27. The maximum Gasteiger partial charge on any atom is 0.256 e. The summed E-state index contributed by atoms with van der Waals surface area (Å²) in [6.45, 7) is 2.80. The predicted molar refractivity (Wildman–Crippen MR) is 96.3 cm³/mol. The molecule has 4 heteroatoms. The first-order chi connectivity index (χ1) is 11.7. The summed E-state index contributed by atoms with van der Waals surface area (Å²) >= 11 is 0. The minimum atomic E-state index is -0.0848. The van der Waals surface area contributed by atoms with Gasteiger partial charge in [-0.25, -0.2) is 0 Å². The first-order valence-corrected chi connectivity index (χ1v) is 8.16. The summed E-state index contributed by atoms with van der Waals surface area (Å²) in [4.78, 5) is 12.2. The van der Waals surface area contributed by atoms with E-state index in [1.54, 1.807) is 7.11 Å². The number of anilines is 1. The van der Waals surface area contributed by atoms with Crippen molar-refractivity contribution in [2.24, 2.45) is 0 Å². The molecule has 3 rings (SSSR count). The van der Waals surface area contributed by atoms with Gasteiger partial charge in [-0.1, -0.05) is 37.6 Å². The number of carbonyl (C=O) groups is 1. The third-order valence-corrected chi connectivity index (χ3v) is 3.96. The highest BCUT2D eigenvalue weighted by Gasteiger charge is 2.23. The lowest BCUT2D eigenvalue weighted by atomic mass is 10.0. The highest BCUT2D eigenvalue weighted by Crippen LogP contribution is 2.34. The second-order valence-corrected chi connectivity index (χ2v) is 5.67. The van der Waals surface area contributed by atoms with E-state index in [1.165, 1.54) is 0 Å². The number of para-hydroxylation sites is 1. The Hall–Kier alpha value is -2.75. The Labute approximate surface area is 142 Å². The average molecular weight is 323 g/mol. The van der Waals surface area contributed by atoms with Gasteiger partial charge in [0.05, 0.1) is 13.7 Å². The Balaban J connectivity index is 1.89. The number of nitrogens with one attached hydrogen (secondary N) is 1. The van der Waals surface area contributed by atoms with Crippen LogP contribution in [-0.2, 0) is 4.79 Å². The second kappa shape index (κ2) is 7.21. The van der Waals surface area contributed by atoms with E-state index in [0.29, 0.717) is 17.9 Å². The van der Waals surface area contributed by atoms with E-state index < -0.39 is 0 Å². The van der Waals surface area contributed by atoms with E-state index in [4.69, 9.17) is 9.47 Å². The molecule has 0 fully saturated rings. The molecule has 2 aromatic rings. The Morgan fingerprint density at radius 1 is 1.12 bits per heavy atom. The summed E-state index contributed by atoms with van der Waals surface area (Å²) < 4.78 is 11.2. The SMILES string of the molecule is CCCCOc1ccc(/C=C2/C(=O)Nc3ccccc32)cc1OC. The summed E-state index contributed by atoms with van der Waals surface area (Å²) in [7, 11) is 1.62. The zero-order valence-corrected chi connectivity index (χ0v) is 14.0. The summed E-state index contributed by atoms with van der Waals surface area (Å²) in [6.07, 6.45) is 3.96. The maximum atomic E-state index is 12.2. The Kier molecular flexibility index (Phi) is 4.85. The molecule has 0 atom stereocenters. The molecule has 1 heterocycles. The van der Waals surface area contributed by atoms with Crippen LogP contribution in [0.1, 0.15) is 30.9 Å². The molecule has 0 aliphatic carbocycles. The molecule has 4 nitrogen and oxygen atoms in total. The molecule has 0 saturated heterocycles. The van der Waals surface area contributed by atoms with Crippen LogP contribution in [0.25, 0.3) is 11.6 Å². The van der Waals surface area contributed by atoms with Crippen LogP contribution < -0.4 is 14.8 Å². The van der Waals surface area contributed by atoms with Gasteiger partial charge in [0.25, 0.3) is 5.91 Å². The average Bonchev–Trinajstić information content (AvgIpc) is 2.92. The lowest BCUT2D eigenvalue weighted by molar-refractivity contribution is -0.110. The van der Waals surface area contributed by atoms with Crippen LogP contribution >= 0.6 is 0 Å². The normalized spacial score (nSPS) is 14.4. The highest BCUT2D eigenvalue weighted by molar-refractivity contribution is 6.34. The first-order valence-electron chi connectivity index (χ1n) is 8.16. The standard InChI is InChI=1S/C20H21NO3/c1-3-4-11-24-18-10-9-14(13-19(18)23-2)12-16-15-7-5-6-8-17(15)21-20(16)22/h5-10,12-13H,3-4,11H2,1-2H3,(H,21,22)/b16-12+. The van der Waals surface area contributed by atoms with Crippen LogP contribution in [-0.4, -0.2) is 19.6 Å². The highest BCUT2D eigenvalue weighted by atomic mass is 16.5. The molecule has 0 aromatic heterocycles. The topological polar surface area (TPSA) is 47.6 Å². The zero-order chi connectivity index (χ0) is 16.9. The quantitative estimate of drug-likeness (QED) is 0.634. The Bertz CT molecular complexity index is 780. The number of hydrogen-bond acceptors (Lipinski definition) is 3. The number of carbonyl (C=O) groups excluding carboxylic acids is 1. The number of amides is 1. The van der Waals surface area contributed by atoms with Gasteiger partial charge < -0.3 is 14.8 Å². The van der Waals surface area contributed by atoms with Crippen molar-refractivity contribution in [3.63, 3.8) is 0 Å². The van der Waals surface area contributed by atoms with Gasteiger partial charge in [0.1, 0.15) is 0 Å². The number of methoxy groups -OCH3 is 1. The minimum Gasteiger partial charge on any atom is -0.493 e. The van der Waals surface area contributed by atoms with Gasteiger partial charge in [-0.2, -0.15) is 0 Å². The molecule has 1 amide bonds. The summed E-state index contributed by atoms with van der Waals surface area (Å²) in [5.41, 5.74) is 3.33. The van der Waals surface area contributed by atoms with Crippen molar-refractivity contribution in [3.8, 4) is 11.5 Å². The van der Waals surface area contributed by atoms with E-state index in [1.807, 2.05) is 48.5 Å². The van der Waals surface area contributed by atoms with Gasteiger partial charge in [0.15, 0.2) is 11.5 Å². The predicted octanol–water partition coefficient (Wildman–Crippen LogP) is 4.37.